The lowest BCUT2D eigenvalue weighted by Gasteiger charge is -2.24. The van der Waals surface area contributed by atoms with Gasteiger partial charge in [0, 0.05) is 5.39 Å². The van der Waals surface area contributed by atoms with E-state index in [1.54, 1.807) is 0 Å². The summed E-state index contributed by atoms with van der Waals surface area (Å²) in [7, 11) is 0. The van der Waals surface area contributed by atoms with Crippen LogP contribution in [0.15, 0.2) is 28.7 Å². The first-order valence-electron chi connectivity index (χ1n) is 6.49. The highest BCUT2D eigenvalue weighted by Gasteiger charge is 2.24. The molecule has 2 unspecified atom stereocenters. The molecule has 3 N–H and O–H groups in total. The standard InChI is InChI=1S/C15H22N2O/c1-9(2)11(4)15(17-16)14-8-12-7-10(3)5-6-13(12)18-14/h5-9,11,15,17H,16H2,1-4H3. The van der Waals surface area contributed by atoms with Gasteiger partial charge in [-0.2, -0.15) is 0 Å². The van der Waals surface area contributed by atoms with Gasteiger partial charge in [0.25, 0.3) is 0 Å². The minimum Gasteiger partial charge on any atom is -0.459 e. The van der Waals surface area contributed by atoms with Gasteiger partial charge in [0.2, 0.25) is 0 Å². The molecule has 1 heterocycles. The minimum atomic E-state index is 0.0534. The molecule has 0 bridgehead atoms. The molecule has 98 valence electrons. The second-order valence-corrected chi connectivity index (χ2v) is 5.44. The number of aryl methyl sites for hydroxylation is 1. The Labute approximate surface area is 108 Å². The van der Waals surface area contributed by atoms with E-state index in [2.05, 4.69) is 51.3 Å². The summed E-state index contributed by atoms with van der Waals surface area (Å²) in [6.07, 6.45) is 0. The average Bonchev–Trinajstić information content (AvgIpc) is 2.72. The van der Waals surface area contributed by atoms with Gasteiger partial charge in [-0.3, -0.25) is 5.84 Å². The third kappa shape index (κ3) is 2.42. The van der Waals surface area contributed by atoms with Gasteiger partial charge in [-0.05, 0) is 37.0 Å². The van der Waals surface area contributed by atoms with E-state index in [4.69, 9.17) is 10.3 Å². The fourth-order valence-electron chi connectivity index (χ4n) is 2.21. The molecular formula is C15H22N2O. The van der Waals surface area contributed by atoms with Crippen molar-refractivity contribution in [3.8, 4) is 0 Å². The van der Waals surface area contributed by atoms with Crippen LogP contribution in [0.3, 0.4) is 0 Å². The van der Waals surface area contributed by atoms with Gasteiger partial charge in [0.05, 0.1) is 6.04 Å². The van der Waals surface area contributed by atoms with Crippen LogP contribution in [0.5, 0.6) is 0 Å². The first-order valence-corrected chi connectivity index (χ1v) is 6.49. The SMILES string of the molecule is Cc1ccc2oc(C(NN)C(C)C(C)C)cc2c1. The molecule has 3 heteroatoms. The van der Waals surface area contributed by atoms with Crippen molar-refractivity contribution in [1.82, 2.24) is 5.43 Å². The van der Waals surface area contributed by atoms with Gasteiger partial charge in [-0.15, -0.1) is 0 Å². The number of nitrogens with two attached hydrogens (primary N) is 1. The maximum Gasteiger partial charge on any atom is 0.134 e. The van der Waals surface area contributed by atoms with Gasteiger partial charge in [-0.25, -0.2) is 5.43 Å². The number of hydrazine groups is 1. The van der Waals surface area contributed by atoms with Gasteiger partial charge < -0.3 is 4.42 Å². The average molecular weight is 246 g/mol. The zero-order chi connectivity index (χ0) is 13.3. The molecule has 2 rings (SSSR count). The molecule has 0 aliphatic carbocycles. The van der Waals surface area contributed by atoms with Crippen LogP contribution in [0.1, 0.15) is 38.1 Å². The highest BCUT2D eigenvalue weighted by Crippen LogP contribution is 2.31. The van der Waals surface area contributed by atoms with E-state index < -0.39 is 0 Å². The quantitative estimate of drug-likeness (QED) is 0.641. The number of furan rings is 1. The van der Waals surface area contributed by atoms with E-state index in [0.717, 1.165) is 16.7 Å². The summed E-state index contributed by atoms with van der Waals surface area (Å²) in [5, 5.41) is 1.14. The number of fused-ring (bicyclic) bond motifs is 1. The zero-order valence-electron chi connectivity index (χ0n) is 11.5. The van der Waals surface area contributed by atoms with Gasteiger partial charge in [-0.1, -0.05) is 32.4 Å². The highest BCUT2D eigenvalue weighted by molar-refractivity contribution is 5.78. The van der Waals surface area contributed by atoms with Crippen molar-refractivity contribution >= 4 is 11.0 Å². The second kappa shape index (κ2) is 5.12. The van der Waals surface area contributed by atoms with E-state index in [1.807, 2.05) is 6.07 Å². The number of hydrogen-bond donors (Lipinski definition) is 2. The van der Waals surface area contributed by atoms with Crippen LogP contribution in [0.4, 0.5) is 0 Å². The summed E-state index contributed by atoms with van der Waals surface area (Å²) in [5.74, 6) is 7.56. The maximum absolute atomic E-state index is 5.90. The van der Waals surface area contributed by atoms with Crippen molar-refractivity contribution < 1.29 is 4.42 Å². The Kier molecular flexibility index (Phi) is 3.73. The summed E-state index contributed by atoms with van der Waals surface area (Å²) in [4.78, 5) is 0. The summed E-state index contributed by atoms with van der Waals surface area (Å²) in [6, 6.07) is 8.35. The van der Waals surface area contributed by atoms with E-state index in [9.17, 15) is 0 Å². The van der Waals surface area contributed by atoms with Crippen LogP contribution >= 0.6 is 0 Å². The molecule has 0 amide bonds. The summed E-state index contributed by atoms with van der Waals surface area (Å²) in [6.45, 7) is 8.67. The molecule has 18 heavy (non-hydrogen) atoms. The zero-order valence-corrected chi connectivity index (χ0v) is 11.5. The van der Waals surface area contributed by atoms with Crippen molar-refractivity contribution in [1.29, 1.82) is 0 Å². The lowest BCUT2D eigenvalue weighted by Crippen LogP contribution is -2.34. The fourth-order valence-corrected chi connectivity index (χ4v) is 2.21. The van der Waals surface area contributed by atoms with Crippen molar-refractivity contribution in [2.75, 3.05) is 0 Å². The Morgan fingerprint density at radius 1 is 1.17 bits per heavy atom. The Hall–Kier alpha value is -1.32. The Morgan fingerprint density at radius 2 is 1.89 bits per heavy atom. The highest BCUT2D eigenvalue weighted by atomic mass is 16.3. The van der Waals surface area contributed by atoms with Gasteiger partial charge in [0.1, 0.15) is 11.3 Å². The van der Waals surface area contributed by atoms with Crippen LogP contribution in [-0.4, -0.2) is 0 Å². The molecule has 0 fully saturated rings. The van der Waals surface area contributed by atoms with Gasteiger partial charge in [0.15, 0.2) is 0 Å². The van der Waals surface area contributed by atoms with Crippen LogP contribution in [-0.2, 0) is 0 Å². The summed E-state index contributed by atoms with van der Waals surface area (Å²) < 4.78 is 5.90. The predicted octanol–water partition coefficient (Wildman–Crippen LogP) is 3.54. The predicted molar refractivity (Wildman–Crippen MR) is 75.0 cm³/mol. The van der Waals surface area contributed by atoms with E-state index in [-0.39, 0.29) is 6.04 Å². The van der Waals surface area contributed by atoms with Crippen LogP contribution in [0, 0.1) is 18.8 Å². The van der Waals surface area contributed by atoms with Crippen molar-refractivity contribution in [3.63, 3.8) is 0 Å². The second-order valence-electron chi connectivity index (χ2n) is 5.44. The molecule has 0 saturated heterocycles. The number of rotatable bonds is 4. The number of hydrogen-bond acceptors (Lipinski definition) is 3. The molecule has 1 aromatic carbocycles. The van der Waals surface area contributed by atoms with E-state index >= 15 is 0 Å². The summed E-state index contributed by atoms with van der Waals surface area (Å²) in [5.41, 5.74) is 5.04. The first kappa shape index (κ1) is 13.1. The minimum absolute atomic E-state index is 0.0534. The molecule has 0 aliphatic heterocycles. The third-order valence-electron chi connectivity index (χ3n) is 3.75. The van der Waals surface area contributed by atoms with Crippen LogP contribution in [0.2, 0.25) is 0 Å². The molecule has 0 spiro atoms. The normalized spacial score (nSPS) is 15.2. The smallest absolute Gasteiger partial charge is 0.134 e. The molecule has 3 nitrogen and oxygen atoms in total. The maximum atomic E-state index is 5.90. The molecule has 2 atom stereocenters. The summed E-state index contributed by atoms with van der Waals surface area (Å²) >= 11 is 0. The molecule has 0 radical (unpaired) electrons. The van der Waals surface area contributed by atoms with Crippen LogP contribution in [0.25, 0.3) is 11.0 Å². The molecule has 1 aromatic heterocycles. The Balaban J connectivity index is 2.39. The number of benzene rings is 1. The third-order valence-corrected chi connectivity index (χ3v) is 3.75. The lowest BCUT2D eigenvalue weighted by atomic mass is 9.89. The first-order chi connectivity index (χ1) is 8.52. The largest absolute Gasteiger partial charge is 0.459 e. The monoisotopic (exact) mass is 246 g/mol. The molecular weight excluding hydrogens is 224 g/mol. The fraction of sp³-hybridized carbons (Fsp3) is 0.467. The Bertz CT molecular complexity index is 530. The van der Waals surface area contributed by atoms with Crippen molar-refractivity contribution in [2.24, 2.45) is 17.7 Å². The lowest BCUT2D eigenvalue weighted by molar-refractivity contribution is 0.274. The number of nitrogens with one attached hydrogen (secondary N) is 1. The van der Waals surface area contributed by atoms with E-state index in [1.165, 1.54) is 5.56 Å². The topological polar surface area (TPSA) is 51.2 Å². The van der Waals surface area contributed by atoms with Crippen molar-refractivity contribution in [3.05, 3.63) is 35.6 Å². The molecule has 0 saturated carbocycles. The molecule has 2 aromatic rings. The van der Waals surface area contributed by atoms with Crippen molar-refractivity contribution in [2.45, 2.75) is 33.7 Å². The van der Waals surface area contributed by atoms with Gasteiger partial charge >= 0.3 is 0 Å². The van der Waals surface area contributed by atoms with Crippen LogP contribution < -0.4 is 11.3 Å². The molecule has 0 aliphatic rings. The van der Waals surface area contributed by atoms with E-state index in [0.29, 0.717) is 11.8 Å². The Morgan fingerprint density at radius 3 is 2.50 bits per heavy atom.